The van der Waals surface area contributed by atoms with E-state index in [1.807, 2.05) is 4.90 Å². The Morgan fingerprint density at radius 1 is 1.12 bits per heavy atom. The maximum Gasteiger partial charge on any atom is 0.257 e. The number of amidine groups is 1. The van der Waals surface area contributed by atoms with Crippen molar-refractivity contribution in [3.63, 3.8) is 0 Å². The number of thioether (sulfide) groups is 1. The third-order valence-electron chi connectivity index (χ3n) is 5.54. The number of benzene rings is 2. The minimum absolute atomic E-state index is 0.0297. The number of carbonyl (C=O) groups excluding carboxylic acids is 2. The van der Waals surface area contributed by atoms with Crippen molar-refractivity contribution in [3.8, 4) is 5.75 Å². The first-order valence-corrected chi connectivity index (χ1v) is 12.5. The molecule has 0 radical (unpaired) electrons. The lowest BCUT2D eigenvalue weighted by Gasteiger charge is -2.22. The fraction of sp³-hybridized carbons (Fsp3) is 0.286. The molecular weight excluding hydrogens is 452 g/mol. The predicted octanol–water partition coefficient (Wildman–Crippen LogP) is 2.69. The van der Waals surface area contributed by atoms with Gasteiger partial charge in [-0.3, -0.25) is 9.59 Å². The first kappa shape index (κ1) is 20.8. The Balaban J connectivity index is 1.38. The Morgan fingerprint density at radius 3 is 2.72 bits per heavy atom. The van der Waals surface area contributed by atoms with Crippen molar-refractivity contribution in [2.24, 2.45) is 4.40 Å². The van der Waals surface area contributed by atoms with Crippen molar-refractivity contribution in [2.45, 2.75) is 17.7 Å². The van der Waals surface area contributed by atoms with Crippen LogP contribution in [0.3, 0.4) is 0 Å². The molecule has 2 amide bonds. The van der Waals surface area contributed by atoms with Crippen molar-refractivity contribution in [1.29, 1.82) is 0 Å². The number of methoxy groups -OCH3 is 1. The Bertz CT molecular complexity index is 1270. The number of ether oxygens (including phenoxy) is 1. The fourth-order valence-electron chi connectivity index (χ4n) is 3.96. The molecule has 1 N–H and O–H groups in total. The Hall–Kier alpha value is -3.05. The maximum atomic E-state index is 12.9. The van der Waals surface area contributed by atoms with E-state index in [4.69, 9.17) is 4.74 Å². The van der Waals surface area contributed by atoms with E-state index in [1.54, 1.807) is 48.4 Å². The van der Waals surface area contributed by atoms with E-state index < -0.39 is 10.0 Å². The van der Waals surface area contributed by atoms with Crippen LogP contribution in [0.15, 0.2) is 45.7 Å². The number of sulfonamides is 1. The second-order valence-electron chi connectivity index (χ2n) is 7.59. The van der Waals surface area contributed by atoms with Gasteiger partial charge in [0.25, 0.3) is 15.9 Å². The van der Waals surface area contributed by atoms with Gasteiger partial charge < -0.3 is 19.9 Å². The van der Waals surface area contributed by atoms with E-state index in [9.17, 15) is 18.0 Å². The largest absolute Gasteiger partial charge is 0.495 e. The minimum atomic E-state index is -3.43. The molecule has 0 saturated carbocycles. The Kier molecular flexibility index (Phi) is 5.09. The summed E-state index contributed by atoms with van der Waals surface area (Å²) in [5.41, 5.74) is 2.47. The molecular formula is C21H20N4O5S2. The summed E-state index contributed by atoms with van der Waals surface area (Å²) in [7, 11) is -1.89. The molecule has 0 aliphatic carbocycles. The van der Waals surface area contributed by atoms with E-state index in [2.05, 4.69) is 9.71 Å². The number of rotatable bonds is 4. The van der Waals surface area contributed by atoms with Gasteiger partial charge in [0.2, 0.25) is 5.91 Å². The summed E-state index contributed by atoms with van der Waals surface area (Å²) >= 11 is 1.24. The molecule has 32 heavy (non-hydrogen) atoms. The van der Waals surface area contributed by atoms with Gasteiger partial charge in [-0.05, 0) is 54.6 Å². The average molecular weight is 473 g/mol. The third-order valence-corrected chi connectivity index (χ3v) is 7.84. The van der Waals surface area contributed by atoms with E-state index in [0.717, 1.165) is 17.0 Å². The van der Waals surface area contributed by atoms with Gasteiger partial charge in [-0.15, -0.1) is 4.40 Å². The van der Waals surface area contributed by atoms with Gasteiger partial charge in [0.1, 0.15) is 5.75 Å². The van der Waals surface area contributed by atoms with Gasteiger partial charge >= 0.3 is 0 Å². The smallest absolute Gasteiger partial charge is 0.257 e. The minimum Gasteiger partial charge on any atom is -0.495 e. The molecule has 0 bridgehead atoms. The van der Waals surface area contributed by atoms with Crippen molar-refractivity contribution >= 4 is 55.8 Å². The molecule has 0 spiro atoms. The van der Waals surface area contributed by atoms with Crippen molar-refractivity contribution < 1.29 is 22.7 Å². The van der Waals surface area contributed by atoms with Crippen molar-refractivity contribution in [1.82, 2.24) is 0 Å². The van der Waals surface area contributed by atoms with E-state index >= 15 is 0 Å². The van der Waals surface area contributed by atoms with Crippen LogP contribution in [0.1, 0.15) is 23.2 Å². The molecule has 0 unspecified atom stereocenters. The predicted molar refractivity (Wildman–Crippen MR) is 123 cm³/mol. The second-order valence-corrected chi connectivity index (χ2v) is 10.3. The number of fused-ring (bicyclic) bond motifs is 3. The van der Waals surface area contributed by atoms with Gasteiger partial charge in [0.05, 0.1) is 24.2 Å². The quantitative estimate of drug-likeness (QED) is 0.729. The highest BCUT2D eigenvalue weighted by Gasteiger charge is 2.33. The van der Waals surface area contributed by atoms with Crippen LogP contribution in [0, 0.1) is 0 Å². The van der Waals surface area contributed by atoms with Crippen LogP contribution in [-0.2, 0) is 14.8 Å². The summed E-state index contributed by atoms with van der Waals surface area (Å²) in [6.45, 7) is 0.960. The van der Waals surface area contributed by atoms with Gasteiger partial charge in [0, 0.05) is 35.7 Å². The SMILES string of the molecule is COc1ccc(NC(=O)c2ccc3c(c2)SC2=NS(=O)(=O)CCN23)cc1N1CCCC1=O. The molecule has 9 nitrogen and oxygen atoms in total. The molecule has 3 aliphatic rings. The van der Waals surface area contributed by atoms with Crippen LogP contribution < -0.4 is 19.9 Å². The highest BCUT2D eigenvalue weighted by molar-refractivity contribution is 8.15. The van der Waals surface area contributed by atoms with E-state index in [-0.39, 0.29) is 17.6 Å². The summed E-state index contributed by atoms with van der Waals surface area (Å²) in [4.78, 5) is 29.4. The van der Waals surface area contributed by atoms with Crippen LogP contribution in [0.2, 0.25) is 0 Å². The monoisotopic (exact) mass is 472 g/mol. The fourth-order valence-corrected chi connectivity index (χ4v) is 6.25. The molecule has 0 aromatic heterocycles. The Morgan fingerprint density at radius 2 is 1.97 bits per heavy atom. The van der Waals surface area contributed by atoms with Crippen LogP contribution in [0.4, 0.5) is 17.1 Å². The zero-order valence-electron chi connectivity index (χ0n) is 17.2. The molecule has 2 aromatic carbocycles. The van der Waals surface area contributed by atoms with Crippen molar-refractivity contribution in [3.05, 3.63) is 42.0 Å². The number of carbonyl (C=O) groups is 2. The number of anilines is 3. The highest BCUT2D eigenvalue weighted by Crippen LogP contribution is 2.42. The Labute approximate surface area is 189 Å². The summed E-state index contributed by atoms with van der Waals surface area (Å²) in [5.74, 6) is 0.262. The molecule has 0 atom stereocenters. The molecule has 3 aliphatic heterocycles. The lowest BCUT2D eigenvalue weighted by atomic mass is 10.1. The summed E-state index contributed by atoms with van der Waals surface area (Å²) in [6, 6.07) is 10.4. The molecule has 1 fully saturated rings. The molecule has 1 saturated heterocycles. The van der Waals surface area contributed by atoms with Crippen LogP contribution in [0.5, 0.6) is 5.75 Å². The number of nitrogens with zero attached hydrogens (tertiary/aromatic N) is 3. The molecule has 3 heterocycles. The molecule has 166 valence electrons. The first-order valence-electron chi connectivity index (χ1n) is 10.1. The zero-order valence-corrected chi connectivity index (χ0v) is 18.8. The maximum absolute atomic E-state index is 12.9. The number of amides is 2. The van der Waals surface area contributed by atoms with Crippen LogP contribution in [-0.4, -0.2) is 51.4 Å². The van der Waals surface area contributed by atoms with Gasteiger partial charge in [-0.25, -0.2) is 8.42 Å². The van der Waals surface area contributed by atoms with Crippen LogP contribution in [0.25, 0.3) is 0 Å². The van der Waals surface area contributed by atoms with Crippen molar-refractivity contribution in [2.75, 3.05) is 41.1 Å². The molecule has 5 rings (SSSR count). The summed E-state index contributed by atoms with van der Waals surface area (Å²) in [5, 5.41) is 3.29. The summed E-state index contributed by atoms with van der Waals surface area (Å²) in [6.07, 6.45) is 1.28. The van der Waals surface area contributed by atoms with Gasteiger partial charge in [-0.1, -0.05) is 0 Å². The molecule has 2 aromatic rings. The first-order chi connectivity index (χ1) is 15.3. The second kappa shape index (κ2) is 7.82. The van der Waals surface area contributed by atoms with Gasteiger partial charge in [-0.2, -0.15) is 0 Å². The van der Waals surface area contributed by atoms with Crippen LogP contribution >= 0.6 is 11.8 Å². The normalized spacial score (nSPS) is 18.8. The lowest BCUT2D eigenvalue weighted by molar-refractivity contribution is -0.117. The number of hydrogen-bond donors (Lipinski definition) is 1. The summed E-state index contributed by atoms with van der Waals surface area (Å²) < 4.78 is 32.8. The standard InChI is InChI=1S/C21H20N4O5S2/c1-30-17-7-5-14(12-16(17)24-8-2-3-19(24)26)22-20(27)13-4-6-15-18(11-13)31-21-23-32(28,29)10-9-25(15)21/h4-7,11-12H,2-3,8-10H2,1H3,(H,22,27). The number of hydrogen-bond acceptors (Lipinski definition) is 7. The zero-order chi connectivity index (χ0) is 22.5. The number of nitrogens with one attached hydrogen (secondary N) is 1. The third kappa shape index (κ3) is 3.71. The van der Waals surface area contributed by atoms with Gasteiger partial charge in [0.15, 0.2) is 5.17 Å². The lowest BCUT2D eigenvalue weighted by Crippen LogP contribution is -2.35. The highest BCUT2D eigenvalue weighted by atomic mass is 32.2. The van der Waals surface area contributed by atoms with E-state index in [0.29, 0.717) is 47.4 Å². The average Bonchev–Trinajstić information content (AvgIpc) is 3.34. The van der Waals surface area contributed by atoms with E-state index in [1.165, 1.54) is 11.8 Å². The topological polar surface area (TPSA) is 108 Å². The molecule has 11 heteroatoms.